The van der Waals surface area contributed by atoms with Crippen molar-refractivity contribution in [2.75, 3.05) is 0 Å². The van der Waals surface area contributed by atoms with E-state index in [0.29, 0.717) is 0 Å². The first kappa shape index (κ1) is 31.2. The predicted octanol–water partition coefficient (Wildman–Crippen LogP) is -1.90. The van der Waals surface area contributed by atoms with E-state index in [4.69, 9.17) is 21.1 Å². The van der Waals surface area contributed by atoms with Crippen LogP contribution in [0.3, 0.4) is 0 Å². The summed E-state index contributed by atoms with van der Waals surface area (Å²) >= 11 is 0. The van der Waals surface area contributed by atoms with Gasteiger partial charge in [0.2, 0.25) is 17.7 Å². The Balaban J connectivity index is 5.60. The second kappa shape index (κ2) is 15.2. The maximum absolute atomic E-state index is 12.8. The van der Waals surface area contributed by atoms with Gasteiger partial charge in [0.05, 0.1) is 12.5 Å². The fraction of sp³-hybridized carbons (Fsp3) is 0.650. The third kappa shape index (κ3) is 13.5. The van der Waals surface area contributed by atoms with E-state index in [1.54, 1.807) is 13.8 Å². The van der Waals surface area contributed by atoms with Crippen LogP contribution in [0.15, 0.2) is 0 Å². The van der Waals surface area contributed by atoms with E-state index in [9.17, 15) is 38.7 Å². The lowest BCUT2D eigenvalue weighted by atomic mass is 10.0. The van der Waals surface area contributed by atoms with Crippen LogP contribution in [0.25, 0.3) is 0 Å². The molecule has 198 valence electrons. The average molecular weight is 504 g/mol. The summed E-state index contributed by atoms with van der Waals surface area (Å²) in [6.45, 7) is 3.44. The van der Waals surface area contributed by atoms with Crippen molar-refractivity contribution in [3.63, 3.8) is 0 Å². The molecule has 15 heteroatoms. The molecule has 15 nitrogen and oxygen atoms in total. The Kier molecular flexibility index (Phi) is 13.6. The van der Waals surface area contributed by atoms with Crippen molar-refractivity contribution < 1.29 is 54.0 Å². The molecule has 0 aliphatic carbocycles. The number of carboxylic acid groups (broad SMARTS) is 4. The van der Waals surface area contributed by atoms with Gasteiger partial charge in [0.25, 0.3) is 0 Å². The van der Waals surface area contributed by atoms with Crippen molar-refractivity contribution in [1.82, 2.24) is 16.0 Å². The van der Waals surface area contributed by atoms with E-state index in [-0.39, 0.29) is 12.3 Å². The number of amides is 3. The van der Waals surface area contributed by atoms with Gasteiger partial charge in [-0.15, -0.1) is 0 Å². The van der Waals surface area contributed by atoms with E-state index in [0.717, 1.165) is 0 Å². The third-order valence-electron chi connectivity index (χ3n) is 4.61. The Morgan fingerprint density at radius 3 is 1.51 bits per heavy atom. The van der Waals surface area contributed by atoms with Crippen LogP contribution in [-0.2, 0) is 33.6 Å². The number of nitrogens with two attached hydrogens (primary N) is 1. The lowest BCUT2D eigenvalue weighted by Crippen LogP contribution is -2.57. The highest BCUT2D eigenvalue weighted by atomic mass is 16.4. The minimum Gasteiger partial charge on any atom is -0.481 e. The van der Waals surface area contributed by atoms with Crippen molar-refractivity contribution in [2.45, 2.75) is 76.5 Å². The molecule has 0 saturated carbocycles. The van der Waals surface area contributed by atoms with Crippen LogP contribution < -0.4 is 21.7 Å². The molecule has 0 saturated heterocycles. The summed E-state index contributed by atoms with van der Waals surface area (Å²) in [4.78, 5) is 81.5. The number of carbonyl (C=O) groups is 7. The highest BCUT2D eigenvalue weighted by Gasteiger charge is 2.31. The van der Waals surface area contributed by atoms with Gasteiger partial charge in [-0.1, -0.05) is 13.8 Å². The van der Waals surface area contributed by atoms with Gasteiger partial charge in [-0.3, -0.25) is 28.8 Å². The van der Waals surface area contributed by atoms with Crippen molar-refractivity contribution in [3.05, 3.63) is 0 Å². The molecule has 0 unspecified atom stereocenters. The molecule has 3 amide bonds. The number of aliphatic carboxylic acids is 4. The van der Waals surface area contributed by atoms with Crippen LogP contribution in [0.5, 0.6) is 0 Å². The molecule has 0 aromatic carbocycles. The molecule has 0 aliphatic heterocycles. The quantitative estimate of drug-likeness (QED) is 0.108. The molecule has 0 aromatic heterocycles. The fourth-order valence-corrected chi connectivity index (χ4v) is 2.87. The summed E-state index contributed by atoms with van der Waals surface area (Å²) in [5.41, 5.74) is 5.51. The van der Waals surface area contributed by atoms with E-state index in [1.807, 2.05) is 0 Å². The zero-order valence-electron chi connectivity index (χ0n) is 19.4. The number of rotatable bonds is 17. The van der Waals surface area contributed by atoms with Crippen LogP contribution in [0, 0.1) is 5.92 Å². The molecule has 0 bridgehead atoms. The normalized spacial score (nSPS) is 14.2. The molecule has 0 radical (unpaired) electrons. The van der Waals surface area contributed by atoms with Crippen LogP contribution in [0.1, 0.15) is 52.4 Å². The van der Waals surface area contributed by atoms with Crippen LogP contribution >= 0.6 is 0 Å². The zero-order valence-corrected chi connectivity index (χ0v) is 19.4. The van der Waals surface area contributed by atoms with Crippen LogP contribution in [0.4, 0.5) is 0 Å². The molecule has 35 heavy (non-hydrogen) atoms. The summed E-state index contributed by atoms with van der Waals surface area (Å²) in [5, 5.41) is 42.4. The zero-order chi connectivity index (χ0) is 27.3. The van der Waals surface area contributed by atoms with Crippen LogP contribution in [-0.4, -0.2) is 86.2 Å². The molecule has 9 N–H and O–H groups in total. The molecule has 0 rings (SSSR count). The predicted molar refractivity (Wildman–Crippen MR) is 117 cm³/mol. The van der Waals surface area contributed by atoms with E-state index < -0.39 is 97.9 Å². The van der Waals surface area contributed by atoms with Gasteiger partial charge >= 0.3 is 23.9 Å². The second-order valence-corrected chi connectivity index (χ2v) is 8.22. The minimum atomic E-state index is -1.61. The van der Waals surface area contributed by atoms with Crippen LogP contribution in [0.2, 0.25) is 0 Å². The number of carboxylic acids is 4. The smallest absolute Gasteiger partial charge is 0.326 e. The topological polar surface area (TPSA) is 263 Å². The van der Waals surface area contributed by atoms with Gasteiger partial charge < -0.3 is 42.1 Å². The van der Waals surface area contributed by atoms with Gasteiger partial charge in [-0.25, -0.2) is 4.79 Å². The number of hydrogen-bond donors (Lipinski definition) is 8. The second-order valence-electron chi connectivity index (χ2n) is 8.22. The summed E-state index contributed by atoms with van der Waals surface area (Å²) in [7, 11) is 0. The molecule has 0 fully saturated rings. The first-order valence-corrected chi connectivity index (χ1v) is 10.7. The summed E-state index contributed by atoms with van der Waals surface area (Å²) in [6, 6.07) is -5.84. The van der Waals surface area contributed by atoms with Gasteiger partial charge in [0, 0.05) is 12.8 Å². The Morgan fingerprint density at radius 2 is 1.09 bits per heavy atom. The average Bonchev–Trinajstić information content (AvgIpc) is 2.71. The molecule has 0 spiro atoms. The van der Waals surface area contributed by atoms with E-state index in [2.05, 4.69) is 16.0 Å². The highest BCUT2D eigenvalue weighted by Crippen LogP contribution is 2.08. The summed E-state index contributed by atoms with van der Waals surface area (Å²) in [6.07, 6.45) is -2.67. The lowest BCUT2D eigenvalue weighted by molar-refractivity contribution is -0.144. The van der Waals surface area contributed by atoms with Gasteiger partial charge in [0.15, 0.2) is 0 Å². The Labute approximate surface area is 200 Å². The highest BCUT2D eigenvalue weighted by molar-refractivity contribution is 5.95. The third-order valence-corrected chi connectivity index (χ3v) is 4.61. The van der Waals surface area contributed by atoms with Crippen molar-refractivity contribution in [3.8, 4) is 0 Å². The number of nitrogens with one attached hydrogen (secondary N) is 3. The SMILES string of the molecule is CC(C)C[C@H](NC(=O)[C@@H](N)CC(=O)O)C(=O)N[C@@H](CCC(=O)O)C(=O)N[C@@H](CCC(=O)O)C(=O)O. The fourth-order valence-electron chi connectivity index (χ4n) is 2.87. The van der Waals surface area contributed by atoms with Gasteiger partial charge in [0.1, 0.15) is 18.1 Å². The molecule has 0 aliphatic rings. The molecular formula is C20H32N4O11. The lowest BCUT2D eigenvalue weighted by Gasteiger charge is -2.25. The molecule has 0 aromatic rings. The van der Waals surface area contributed by atoms with E-state index in [1.165, 1.54) is 0 Å². The molecular weight excluding hydrogens is 472 g/mol. The summed E-state index contributed by atoms with van der Waals surface area (Å²) in [5.74, 6) is -8.51. The Hall–Kier alpha value is -3.75. The number of hydrogen-bond acceptors (Lipinski definition) is 8. The van der Waals surface area contributed by atoms with Crippen molar-refractivity contribution in [1.29, 1.82) is 0 Å². The maximum Gasteiger partial charge on any atom is 0.326 e. The first-order valence-electron chi connectivity index (χ1n) is 10.7. The van der Waals surface area contributed by atoms with Crippen molar-refractivity contribution in [2.24, 2.45) is 11.7 Å². The summed E-state index contributed by atoms with van der Waals surface area (Å²) < 4.78 is 0. The Bertz CT molecular complexity index is 815. The number of carbonyl (C=O) groups excluding carboxylic acids is 3. The maximum atomic E-state index is 12.8. The van der Waals surface area contributed by atoms with Gasteiger partial charge in [-0.2, -0.15) is 0 Å². The first-order chi connectivity index (χ1) is 16.1. The minimum absolute atomic E-state index is 0.0565. The van der Waals surface area contributed by atoms with Crippen molar-refractivity contribution >= 4 is 41.6 Å². The monoisotopic (exact) mass is 504 g/mol. The molecule has 4 atom stereocenters. The Morgan fingerprint density at radius 1 is 0.657 bits per heavy atom. The van der Waals surface area contributed by atoms with E-state index >= 15 is 0 Å². The standard InChI is InChI=1S/C20H32N4O11/c1-9(2)7-13(24-17(31)10(21)8-16(29)30)19(33)22-11(3-5-14(25)26)18(32)23-12(20(34)35)4-6-15(27)28/h9-13H,3-8,21H2,1-2H3,(H,22,33)(H,23,32)(H,24,31)(H,25,26)(H,27,28)(H,29,30)(H,34,35)/t10-,11-,12-,13-/m0/s1. The van der Waals surface area contributed by atoms with Gasteiger partial charge in [-0.05, 0) is 25.2 Å². The largest absolute Gasteiger partial charge is 0.481 e. The molecule has 0 heterocycles.